The van der Waals surface area contributed by atoms with E-state index in [1.54, 1.807) is 0 Å². The molecule has 0 aromatic heterocycles. The van der Waals surface area contributed by atoms with Gasteiger partial charge >= 0.3 is 0 Å². The van der Waals surface area contributed by atoms with E-state index in [2.05, 4.69) is 0 Å². The van der Waals surface area contributed by atoms with Gasteiger partial charge in [-0.25, -0.2) is 0 Å². The molecule has 1 aromatic carbocycles. The van der Waals surface area contributed by atoms with Crippen LogP contribution in [0.2, 0.25) is 5.02 Å². The maximum absolute atomic E-state index is 8.27. The fourth-order valence-electron chi connectivity index (χ4n) is 1.23. The molecule has 2 rings (SSSR count). The summed E-state index contributed by atoms with van der Waals surface area (Å²) in [4.78, 5) is 0. The van der Waals surface area contributed by atoms with Crippen LogP contribution in [0.3, 0.4) is 0 Å². The van der Waals surface area contributed by atoms with E-state index in [1.165, 1.54) is 25.1 Å². The van der Waals surface area contributed by atoms with Gasteiger partial charge in [0.25, 0.3) is 0 Å². The van der Waals surface area contributed by atoms with Crippen LogP contribution in [-0.4, -0.2) is 13.0 Å². The second kappa shape index (κ2) is 3.69. The van der Waals surface area contributed by atoms with Gasteiger partial charge in [0.1, 0.15) is 0 Å². The van der Waals surface area contributed by atoms with Crippen molar-refractivity contribution in [2.24, 2.45) is 0 Å². The van der Waals surface area contributed by atoms with Crippen LogP contribution in [0.5, 0.6) is 0 Å². The second-order valence-electron chi connectivity index (χ2n) is 2.81. The van der Waals surface area contributed by atoms with Gasteiger partial charge in [-0.2, -0.15) is 0 Å². The molecule has 1 atom stereocenters. The highest BCUT2D eigenvalue weighted by Gasteiger charge is 2.13. The minimum atomic E-state index is -2.67. The maximum atomic E-state index is 8.27. The predicted octanol–water partition coefficient (Wildman–Crippen LogP) is 2.59. The first-order valence-electron chi connectivity index (χ1n) is 7.43. The van der Waals surface area contributed by atoms with Crippen molar-refractivity contribution in [3.8, 4) is 0 Å². The summed E-state index contributed by atoms with van der Waals surface area (Å²) in [7, 11) is 0. The molecule has 0 fully saturated rings. The molecule has 0 radical (unpaired) electrons. The van der Waals surface area contributed by atoms with Gasteiger partial charge in [-0.15, -0.1) is 0 Å². The maximum Gasteiger partial charge on any atom is 0.0434 e. The number of hydrogen-bond acceptors (Lipinski definition) is 1. The molecule has 0 amide bonds. The van der Waals surface area contributed by atoms with Gasteiger partial charge in [0.2, 0.25) is 0 Å². The number of benzene rings is 1. The Morgan fingerprint density at radius 1 is 1.69 bits per heavy atom. The third-order valence-corrected chi connectivity index (χ3v) is 2.13. The molecule has 1 heterocycles. The lowest BCUT2D eigenvalue weighted by Gasteiger charge is -2.11. The van der Waals surface area contributed by atoms with E-state index in [-0.39, 0.29) is 16.1 Å². The molecule has 0 aliphatic carbocycles. The molecule has 0 unspecified atom stereocenters. The summed E-state index contributed by atoms with van der Waals surface area (Å²) in [6, 6.07) is 4.04. The highest BCUT2D eigenvalue weighted by atomic mass is 35.5. The van der Waals surface area contributed by atoms with Gasteiger partial charge in [0, 0.05) is 21.1 Å². The molecular formula is C11H14ClN. The summed E-state index contributed by atoms with van der Waals surface area (Å²) < 4.78 is 55.8. The predicted molar refractivity (Wildman–Crippen MR) is 56.4 cm³/mol. The van der Waals surface area contributed by atoms with E-state index < -0.39 is 25.3 Å². The molecular weight excluding hydrogens is 182 g/mol. The highest BCUT2D eigenvalue weighted by molar-refractivity contribution is 6.30. The zero-order chi connectivity index (χ0) is 15.6. The van der Waals surface area contributed by atoms with E-state index in [4.69, 9.17) is 21.2 Å². The van der Waals surface area contributed by atoms with Crippen LogP contribution in [0.4, 0.5) is 0 Å². The summed E-state index contributed by atoms with van der Waals surface area (Å²) in [5.74, 6) is -1.90. The van der Waals surface area contributed by atoms with Crippen LogP contribution in [0, 0.1) is 0 Å². The number of rotatable bonds is 0. The van der Waals surface area contributed by atoms with Gasteiger partial charge < -0.3 is 5.32 Å². The minimum Gasteiger partial charge on any atom is -0.316 e. The molecule has 1 N–H and O–H groups in total. The molecule has 1 aromatic rings. The first-order chi connectivity index (χ1) is 8.83. The number of nitrogens with one attached hydrogen (secondary N) is 1. The molecule has 0 saturated heterocycles. The van der Waals surface area contributed by atoms with Crippen molar-refractivity contribution < 1.29 is 9.60 Å². The fourth-order valence-corrected chi connectivity index (χ4v) is 1.40. The zero-order valence-corrected chi connectivity index (χ0v) is 7.87. The number of fused-ring (bicyclic) bond motifs is 1. The molecule has 0 spiro atoms. The summed E-state index contributed by atoms with van der Waals surface area (Å²) in [6.07, 6.45) is -2.50. The van der Waals surface area contributed by atoms with E-state index in [0.29, 0.717) is 0 Å². The largest absolute Gasteiger partial charge is 0.316 e. The molecule has 70 valence electrons. The number of aryl methyl sites for hydroxylation is 1. The molecule has 13 heavy (non-hydrogen) atoms. The third-order valence-electron chi connectivity index (χ3n) is 1.90. The average molecular weight is 203 g/mol. The van der Waals surface area contributed by atoms with Crippen molar-refractivity contribution in [1.29, 1.82) is 0 Å². The second-order valence-corrected chi connectivity index (χ2v) is 3.25. The van der Waals surface area contributed by atoms with Crippen LogP contribution in [0.15, 0.2) is 18.2 Å². The van der Waals surface area contributed by atoms with E-state index >= 15 is 0 Å². The van der Waals surface area contributed by atoms with E-state index in [1.807, 2.05) is 5.32 Å². The fraction of sp³-hybridized carbons (Fsp3) is 0.455. The van der Waals surface area contributed by atoms with Crippen molar-refractivity contribution in [2.75, 3.05) is 13.0 Å². The van der Waals surface area contributed by atoms with Crippen LogP contribution < -0.4 is 5.32 Å². The Bertz CT molecular complexity index is 556. The lowest BCUT2D eigenvalue weighted by molar-refractivity contribution is 0.644. The summed E-state index contributed by atoms with van der Waals surface area (Å²) in [6.45, 7) is -3.87. The number of hydrogen-bond donors (Lipinski definition) is 1. The van der Waals surface area contributed by atoms with E-state index in [0.717, 1.165) is 0 Å². The van der Waals surface area contributed by atoms with Crippen LogP contribution in [0.25, 0.3) is 0 Å². The van der Waals surface area contributed by atoms with Gasteiger partial charge in [-0.3, -0.25) is 0 Å². The molecule has 1 aliphatic heterocycles. The Labute approximate surface area is 93.9 Å². The monoisotopic (exact) mass is 202 g/mol. The lowest BCUT2D eigenvalue weighted by atomic mass is 9.96. The summed E-state index contributed by atoms with van der Waals surface area (Å²) >= 11 is 5.87. The summed E-state index contributed by atoms with van der Waals surface area (Å²) in [5, 5.41) is 2.25. The van der Waals surface area contributed by atoms with Crippen LogP contribution in [0.1, 0.15) is 33.5 Å². The molecule has 1 aliphatic rings. The van der Waals surface area contributed by atoms with Gasteiger partial charge in [0.05, 0.1) is 0 Å². The van der Waals surface area contributed by atoms with E-state index in [9.17, 15) is 0 Å². The SMILES string of the molecule is [2H]C1([2H])NC([2H])([2H])[C@]([2H])(C)c2cc(Cl)ccc2C1([2H])[2H]. The lowest BCUT2D eigenvalue weighted by Crippen LogP contribution is -2.18. The minimum absolute atomic E-state index is 0.0360. The first-order valence-corrected chi connectivity index (χ1v) is 4.30. The zero-order valence-electron chi connectivity index (χ0n) is 14.1. The Morgan fingerprint density at radius 2 is 2.54 bits per heavy atom. The Balaban J connectivity index is 2.85. The molecule has 1 nitrogen and oxygen atoms in total. The topological polar surface area (TPSA) is 12.0 Å². The number of halogens is 1. The summed E-state index contributed by atoms with van der Waals surface area (Å²) in [5.41, 5.74) is -0.0350. The standard InChI is InChI=1S/C11H14ClN/c1-8-7-13-5-4-9-2-3-10(12)6-11(8)9/h2-3,6,8,13H,4-5,7H2,1H3/t8-/m0/s1/i4D2,5D2,7D2,8D. The van der Waals surface area contributed by atoms with Crippen molar-refractivity contribution in [3.05, 3.63) is 34.3 Å². The van der Waals surface area contributed by atoms with Crippen LogP contribution in [-0.2, 0) is 6.37 Å². The van der Waals surface area contributed by atoms with Crippen molar-refractivity contribution in [3.63, 3.8) is 0 Å². The van der Waals surface area contributed by atoms with Crippen molar-refractivity contribution >= 4 is 11.6 Å². The quantitative estimate of drug-likeness (QED) is 0.682. The van der Waals surface area contributed by atoms with Crippen molar-refractivity contribution in [2.45, 2.75) is 19.2 Å². The third kappa shape index (κ3) is 1.87. The smallest absolute Gasteiger partial charge is 0.0434 e. The molecule has 2 heteroatoms. The van der Waals surface area contributed by atoms with Crippen molar-refractivity contribution in [1.82, 2.24) is 5.32 Å². The first kappa shape index (κ1) is 3.92. The molecule has 0 bridgehead atoms. The Kier molecular flexibility index (Phi) is 1.11. The molecule has 0 saturated carbocycles. The van der Waals surface area contributed by atoms with Gasteiger partial charge in [0.15, 0.2) is 0 Å². The van der Waals surface area contributed by atoms with Gasteiger partial charge in [-0.05, 0) is 42.0 Å². The van der Waals surface area contributed by atoms with Gasteiger partial charge in [-0.1, -0.05) is 24.6 Å². The highest BCUT2D eigenvalue weighted by Crippen LogP contribution is 2.25. The van der Waals surface area contributed by atoms with Crippen LogP contribution >= 0.6 is 11.6 Å². The Hall–Kier alpha value is -0.530. The average Bonchev–Trinajstić information content (AvgIpc) is 2.28. The normalized spacial score (nSPS) is 47.4. The Morgan fingerprint density at radius 3 is 3.38 bits per heavy atom.